The molecule has 22 heavy (non-hydrogen) atoms. The van der Waals surface area contributed by atoms with E-state index in [1.165, 1.54) is 12.0 Å². The molecule has 1 aromatic carbocycles. The van der Waals surface area contributed by atoms with Crippen LogP contribution in [0.5, 0.6) is 0 Å². The number of amides is 1. The van der Waals surface area contributed by atoms with Gasteiger partial charge in [0.05, 0.1) is 7.11 Å². The SMILES string of the molecule is C#CCC1(C(=O)OC)CCCN1C(=O)OCc1ccccc1. The highest BCUT2D eigenvalue weighted by Crippen LogP contribution is 2.34. The molecule has 1 fully saturated rings. The molecular weight excluding hydrogens is 282 g/mol. The Hall–Kier alpha value is -2.48. The van der Waals surface area contributed by atoms with Crippen molar-refractivity contribution >= 4 is 12.1 Å². The summed E-state index contributed by atoms with van der Waals surface area (Å²) in [6.07, 6.45) is 6.14. The van der Waals surface area contributed by atoms with Gasteiger partial charge in [0.25, 0.3) is 0 Å². The zero-order valence-electron chi connectivity index (χ0n) is 12.6. The van der Waals surface area contributed by atoms with E-state index in [0.717, 1.165) is 5.56 Å². The molecule has 0 aromatic heterocycles. The highest BCUT2D eigenvalue weighted by Gasteiger charge is 2.51. The standard InChI is InChI=1S/C17H19NO4/c1-3-10-17(15(19)21-2)11-7-12-18(17)16(20)22-13-14-8-5-4-6-9-14/h1,4-6,8-9H,7,10-13H2,2H3. The fraction of sp³-hybridized carbons (Fsp3) is 0.412. The van der Waals surface area contributed by atoms with Crippen LogP contribution in [0.15, 0.2) is 30.3 Å². The molecule has 116 valence electrons. The molecule has 2 rings (SSSR count). The molecule has 0 N–H and O–H groups in total. The van der Waals surface area contributed by atoms with Crippen LogP contribution in [0.1, 0.15) is 24.8 Å². The molecule has 1 aromatic rings. The second kappa shape index (κ2) is 6.99. The third kappa shape index (κ3) is 3.06. The average Bonchev–Trinajstić information content (AvgIpc) is 2.98. The van der Waals surface area contributed by atoms with Crippen LogP contribution in [0.2, 0.25) is 0 Å². The monoisotopic (exact) mass is 301 g/mol. The van der Waals surface area contributed by atoms with Gasteiger partial charge in [0.2, 0.25) is 0 Å². The Morgan fingerprint density at radius 1 is 1.36 bits per heavy atom. The average molecular weight is 301 g/mol. The van der Waals surface area contributed by atoms with Crippen LogP contribution in [-0.4, -0.2) is 36.2 Å². The van der Waals surface area contributed by atoms with Crippen molar-refractivity contribution in [2.45, 2.75) is 31.4 Å². The molecule has 1 amide bonds. The number of methoxy groups -OCH3 is 1. The molecule has 0 radical (unpaired) electrons. The van der Waals surface area contributed by atoms with Crippen molar-refractivity contribution in [2.24, 2.45) is 0 Å². The lowest BCUT2D eigenvalue weighted by Crippen LogP contribution is -2.53. The van der Waals surface area contributed by atoms with E-state index >= 15 is 0 Å². The summed E-state index contributed by atoms with van der Waals surface area (Å²) in [5.41, 5.74) is -0.215. The minimum atomic E-state index is -1.10. The van der Waals surface area contributed by atoms with Crippen molar-refractivity contribution in [1.29, 1.82) is 0 Å². The summed E-state index contributed by atoms with van der Waals surface area (Å²) in [6.45, 7) is 0.591. The minimum absolute atomic E-state index is 0.125. The number of nitrogens with zero attached hydrogens (tertiary/aromatic N) is 1. The lowest BCUT2D eigenvalue weighted by Gasteiger charge is -2.33. The molecular formula is C17H19NO4. The molecule has 5 heteroatoms. The van der Waals surface area contributed by atoms with Crippen molar-refractivity contribution in [3.63, 3.8) is 0 Å². The summed E-state index contributed by atoms with van der Waals surface area (Å²) < 4.78 is 10.2. The van der Waals surface area contributed by atoms with E-state index < -0.39 is 17.6 Å². The van der Waals surface area contributed by atoms with Gasteiger partial charge in [0.15, 0.2) is 5.54 Å². The van der Waals surface area contributed by atoms with Crippen LogP contribution in [0.4, 0.5) is 4.79 Å². The van der Waals surface area contributed by atoms with Crippen molar-refractivity contribution in [3.05, 3.63) is 35.9 Å². The van der Waals surface area contributed by atoms with E-state index in [1.54, 1.807) is 0 Å². The molecule has 1 unspecified atom stereocenters. The van der Waals surface area contributed by atoms with Gasteiger partial charge < -0.3 is 9.47 Å². The van der Waals surface area contributed by atoms with Gasteiger partial charge in [0.1, 0.15) is 6.61 Å². The molecule has 1 aliphatic rings. The largest absolute Gasteiger partial charge is 0.467 e. The van der Waals surface area contributed by atoms with Gasteiger partial charge in [-0.05, 0) is 18.4 Å². The van der Waals surface area contributed by atoms with Gasteiger partial charge in [-0.1, -0.05) is 30.3 Å². The number of terminal acetylenes is 1. The minimum Gasteiger partial charge on any atom is -0.467 e. The second-order valence-corrected chi connectivity index (χ2v) is 5.20. The highest BCUT2D eigenvalue weighted by atomic mass is 16.6. The van der Waals surface area contributed by atoms with Gasteiger partial charge in [0, 0.05) is 13.0 Å². The molecule has 0 spiro atoms. The summed E-state index contributed by atoms with van der Waals surface area (Å²) in [6, 6.07) is 9.37. The number of carbonyl (C=O) groups is 2. The summed E-state index contributed by atoms with van der Waals surface area (Å²) in [7, 11) is 1.30. The number of benzene rings is 1. The molecule has 1 saturated heterocycles. The van der Waals surface area contributed by atoms with Gasteiger partial charge >= 0.3 is 12.1 Å². The van der Waals surface area contributed by atoms with Gasteiger partial charge in [-0.2, -0.15) is 0 Å². The predicted molar refractivity (Wildman–Crippen MR) is 80.8 cm³/mol. The first-order valence-electron chi connectivity index (χ1n) is 7.14. The number of rotatable bonds is 4. The zero-order chi connectivity index (χ0) is 16.0. The normalized spacial score (nSPS) is 20.3. The Labute approximate surface area is 130 Å². The Morgan fingerprint density at radius 3 is 2.73 bits per heavy atom. The smallest absolute Gasteiger partial charge is 0.411 e. The van der Waals surface area contributed by atoms with Crippen LogP contribution >= 0.6 is 0 Å². The van der Waals surface area contributed by atoms with Gasteiger partial charge in [-0.3, -0.25) is 4.90 Å². The molecule has 0 aliphatic carbocycles. The van der Waals surface area contributed by atoms with Crippen LogP contribution < -0.4 is 0 Å². The van der Waals surface area contributed by atoms with Crippen LogP contribution in [0.3, 0.4) is 0 Å². The number of esters is 1. The second-order valence-electron chi connectivity index (χ2n) is 5.20. The van der Waals surface area contributed by atoms with Crippen molar-refractivity contribution in [1.82, 2.24) is 4.90 Å². The molecule has 1 heterocycles. The third-order valence-corrected chi connectivity index (χ3v) is 3.87. The maximum absolute atomic E-state index is 12.4. The van der Waals surface area contributed by atoms with Gasteiger partial charge in [-0.15, -0.1) is 12.3 Å². The first-order chi connectivity index (χ1) is 10.6. The van der Waals surface area contributed by atoms with Crippen LogP contribution in [-0.2, 0) is 20.9 Å². The van der Waals surface area contributed by atoms with E-state index in [1.807, 2.05) is 30.3 Å². The number of likely N-dealkylation sites (tertiary alicyclic amines) is 1. The number of hydrogen-bond acceptors (Lipinski definition) is 4. The van der Waals surface area contributed by atoms with E-state index in [0.29, 0.717) is 19.4 Å². The zero-order valence-corrected chi connectivity index (χ0v) is 12.6. The van der Waals surface area contributed by atoms with Crippen molar-refractivity contribution in [2.75, 3.05) is 13.7 Å². The number of carbonyl (C=O) groups excluding carboxylic acids is 2. The quantitative estimate of drug-likeness (QED) is 0.633. The first kappa shape index (κ1) is 15.9. The third-order valence-electron chi connectivity index (χ3n) is 3.87. The Balaban J connectivity index is 2.10. The molecule has 1 atom stereocenters. The molecule has 5 nitrogen and oxygen atoms in total. The Kier molecular flexibility index (Phi) is 5.05. The van der Waals surface area contributed by atoms with E-state index in [4.69, 9.17) is 15.9 Å². The summed E-state index contributed by atoms with van der Waals surface area (Å²) in [4.78, 5) is 25.9. The summed E-state index contributed by atoms with van der Waals surface area (Å²) in [5.74, 6) is 1.99. The lowest BCUT2D eigenvalue weighted by molar-refractivity contribution is -0.152. The van der Waals surface area contributed by atoms with E-state index in [-0.39, 0.29) is 13.0 Å². The molecule has 0 bridgehead atoms. The predicted octanol–water partition coefficient (Wildman–Crippen LogP) is 2.35. The van der Waals surface area contributed by atoms with E-state index in [2.05, 4.69) is 5.92 Å². The molecule has 0 saturated carbocycles. The lowest BCUT2D eigenvalue weighted by atomic mass is 9.92. The first-order valence-corrected chi connectivity index (χ1v) is 7.14. The fourth-order valence-electron chi connectivity index (χ4n) is 2.77. The summed E-state index contributed by atoms with van der Waals surface area (Å²) >= 11 is 0. The molecule has 1 aliphatic heterocycles. The maximum atomic E-state index is 12.4. The summed E-state index contributed by atoms with van der Waals surface area (Å²) in [5, 5.41) is 0. The Morgan fingerprint density at radius 2 is 2.09 bits per heavy atom. The van der Waals surface area contributed by atoms with Gasteiger partial charge in [-0.25, -0.2) is 9.59 Å². The van der Waals surface area contributed by atoms with Crippen molar-refractivity contribution < 1.29 is 19.1 Å². The maximum Gasteiger partial charge on any atom is 0.411 e. The van der Waals surface area contributed by atoms with Crippen molar-refractivity contribution in [3.8, 4) is 12.3 Å². The van der Waals surface area contributed by atoms with Crippen LogP contribution in [0.25, 0.3) is 0 Å². The fourth-order valence-corrected chi connectivity index (χ4v) is 2.77. The number of ether oxygens (including phenoxy) is 2. The highest BCUT2D eigenvalue weighted by molar-refractivity contribution is 5.86. The topological polar surface area (TPSA) is 55.8 Å². The van der Waals surface area contributed by atoms with Crippen LogP contribution in [0, 0.1) is 12.3 Å². The van der Waals surface area contributed by atoms with E-state index in [9.17, 15) is 9.59 Å². The Bertz CT molecular complexity index is 578. The number of hydrogen-bond donors (Lipinski definition) is 0.